The summed E-state index contributed by atoms with van der Waals surface area (Å²) in [7, 11) is 3.54. The second kappa shape index (κ2) is 7.28. The number of carbonyl (C=O) groups excluding carboxylic acids is 1. The highest BCUT2D eigenvalue weighted by atomic mass is 16.5. The van der Waals surface area contributed by atoms with E-state index in [-0.39, 0.29) is 5.91 Å². The highest BCUT2D eigenvalue weighted by molar-refractivity contribution is 5.93. The molecule has 1 heterocycles. The highest BCUT2D eigenvalue weighted by Gasteiger charge is 2.06. The van der Waals surface area contributed by atoms with Crippen molar-refractivity contribution in [2.45, 2.75) is 0 Å². The van der Waals surface area contributed by atoms with Crippen LogP contribution < -0.4 is 15.0 Å². The van der Waals surface area contributed by atoms with Crippen molar-refractivity contribution >= 4 is 11.6 Å². The molecule has 1 aromatic heterocycles. The molecule has 2 aromatic rings. The Balaban J connectivity index is 1.81. The smallest absolute Gasteiger partial charge is 0.252 e. The van der Waals surface area contributed by atoms with Crippen molar-refractivity contribution in [2.24, 2.45) is 0 Å². The molecule has 5 nitrogen and oxygen atoms in total. The first kappa shape index (κ1) is 14.8. The molecule has 1 aromatic carbocycles. The van der Waals surface area contributed by atoms with E-state index < -0.39 is 0 Å². The molecule has 0 unspecified atom stereocenters. The third kappa shape index (κ3) is 4.21. The number of rotatable bonds is 6. The number of anilines is 1. The summed E-state index contributed by atoms with van der Waals surface area (Å²) < 4.78 is 4.96. The van der Waals surface area contributed by atoms with Crippen molar-refractivity contribution < 1.29 is 9.53 Å². The minimum atomic E-state index is -0.133. The van der Waals surface area contributed by atoms with Gasteiger partial charge in [0.15, 0.2) is 0 Å². The topological polar surface area (TPSA) is 54.5 Å². The number of para-hydroxylation sites is 1. The molecular formula is C16H19N3O2. The average molecular weight is 285 g/mol. The van der Waals surface area contributed by atoms with Crippen LogP contribution in [0.25, 0.3) is 0 Å². The van der Waals surface area contributed by atoms with E-state index in [9.17, 15) is 4.79 Å². The number of ether oxygens (including phenoxy) is 1. The van der Waals surface area contributed by atoms with Crippen molar-refractivity contribution in [2.75, 3.05) is 32.1 Å². The van der Waals surface area contributed by atoms with E-state index in [4.69, 9.17) is 4.74 Å². The van der Waals surface area contributed by atoms with Crippen molar-refractivity contribution in [3.8, 4) is 5.88 Å². The van der Waals surface area contributed by atoms with E-state index in [1.807, 2.05) is 37.4 Å². The SMILES string of the molecule is COc1ccc(C(=O)NCCN(C)c2ccccc2)cn1. The van der Waals surface area contributed by atoms with Crippen LogP contribution in [-0.2, 0) is 0 Å². The number of aromatic nitrogens is 1. The predicted octanol–water partition coefficient (Wildman–Crippen LogP) is 1.96. The minimum absolute atomic E-state index is 0.133. The van der Waals surface area contributed by atoms with Crippen LogP contribution in [0.1, 0.15) is 10.4 Å². The average Bonchev–Trinajstić information content (AvgIpc) is 2.55. The van der Waals surface area contributed by atoms with Gasteiger partial charge in [0.25, 0.3) is 5.91 Å². The Morgan fingerprint density at radius 3 is 2.62 bits per heavy atom. The summed E-state index contributed by atoms with van der Waals surface area (Å²) in [5.74, 6) is 0.363. The summed E-state index contributed by atoms with van der Waals surface area (Å²) in [5.41, 5.74) is 1.65. The number of pyridine rings is 1. The fourth-order valence-corrected chi connectivity index (χ4v) is 1.89. The molecule has 21 heavy (non-hydrogen) atoms. The zero-order chi connectivity index (χ0) is 15.1. The lowest BCUT2D eigenvalue weighted by atomic mass is 10.2. The molecule has 0 aliphatic heterocycles. The van der Waals surface area contributed by atoms with E-state index in [1.54, 1.807) is 19.2 Å². The van der Waals surface area contributed by atoms with Gasteiger partial charge < -0.3 is 15.0 Å². The van der Waals surface area contributed by atoms with Crippen LogP contribution in [0.3, 0.4) is 0 Å². The molecule has 5 heteroatoms. The Morgan fingerprint density at radius 2 is 2.00 bits per heavy atom. The number of nitrogens with one attached hydrogen (secondary N) is 1. The third-order valence-electron chi connectivity index (χ3n) is 3.14. The second-order valence-electron chi connectivity index (χ2n) is 4.60. The van der Waals surface area contributed by atoms with Gasteiger partial charge in [-0.2, -0.15) is 0 Å². The zero-order valence-electron chi connectivity index (χ0n) is 12.2. The number of likely N-dealkylation sites (N-methyl/N-ethyl adjacent to an activating group) is 1. The number of amides is 1. The number of nitrogens with zero attached hydrogens (tertiary/aromatic N) is 2. The van der Waals surface area contributed by atoms with Gasteiger partial charge in [-0.1, -0.05) is 18.2 Å². The summed E-state index contributed by atoms with van der Waals surface area (Å²) in [6.07, 6.45) is 1.51. The van der Waals surface area contributed by atoms with Crippen molar-refractivity contribution in [3.63, 3.8) is 0 Å². The fourth-order valence-electron chi connectivity index (χ4n) is 1.89. The van der Waals surface area contributed by atoms with Gasteiger partial charge in [-0.3, -0.25) is 4.79 Å². The largest absolute Gasteiger partial charge is 0.481 e. The molecule has 0 fully saturated rings. The van der Waals surface area contributed by atoms with E-state index in [0.29, 0.717) is 18.0 Å². The number of hydrogen-bond donors (Lipinski definition) is 1. The highest BCUT2D eigenvalue weighted by Crippen LogP contribution is 2.10. The van der Waals surface area contributed by atoms with Crippen molar-refractivity contribution in [3.05, 3.63) is 54.2 Å². The van der Waals surface area contributed by atoms with Gasteiger partial charge in [0.1, 0.15) is 0 Å². The zero-order valence-corrected chi connectivity index (χ0v) is 12.2. The first-order valence-electron chi connectivity index (χ1n) is 6.75. The number of hydrogen-bond acceptors (Lipinski definition) is 4. The molecule has 0 spiro atoms. The molecule has 0 radical (unpaired) electrons. The molecule has 0 aliphatic rings. The summed E-state index contributed by atoms with van der Waals surface area (Å²) in [4.78, 5) is 18.1. The molecule has 0 saturated heterocycles. The quantitative estimate of drug-likeness (QED) is 0.881. The van der Waals surface area contributed by atoms with Gasteiger partial charge in [0, 0.05) is 38.1 Å². The van der Waals surface area contributed by atoms with Gasteiger partial charge in [-0.25, -0.2) is 4.98 Å². The maximum Gasteiger partial charge on any atom is 0.252 e. The van der Waals surface area contributed by atoms with Crippen molar-refractivity contribution in [1.29, 1.82) is 0 Å². The summed E-state index contributed by atoms with van der Waals surface area (Å²) in [6.45, 7) is 1.30. The van der Waals surface area contributed by atoms with Crippen LogP contribution in [0.4, 0.5) is 5.69 Å². The van der Waals surface area contributed by atoms with E-state index in [0.717, 1.165) is 12.2 Å². The molecule has 110 valence electrons. The Kier molecular flexibility index (Phi) is 5.15. The van der Waals surface area contributed by atoms with Crippen LogP contribution >= 0.6 is 0 Å². The van der Waals surface area contributed by atoms with E-state index in [1.165, 1.54) is 6.20 Å². The summed E-state index contributed by atoms with van der Waals surface area (Å²) in [6, 6.07) is 13.4. The third-order valence-corrected chi connectivity index (χ3v) is 3.14. The molecule has 0 atom stereocenters. The van der Waals surface area contributed by atoms with E-state index >= 15 is 0 Å². The fraction of sp³-hybridized carbons (Fsp3) is 0.250. The molecule has 1 amide bonds. The first-order chi connectivity index (χ1) is 10.2. The minimum Gasteiger partial charge on any atom is -0.481 e. The van der Waals surface area contributed by atoms with Gasteiger partial charge in [-0.05, 0) is 18.2 Å². The Bertz CT molecular complexity index is 570. The van der Waals surface area contributed by atoms with Gasteiger partial charge >= 0.3 is 0 Å². The monoisotopic (exact) mass is 285 g/mol. The van der Waals surface area contributed by atoms with Crippen LogP contribution in [0, 0.1) is 0 Å². The predicted molar refractivity (Wildman–Crippen MR) is 82.8 cm³/mol. The Morgan fingerprint density at radius 1 is 1.24 bits per heavy atom. The van der Waals surface area contributed by atoms with Gasteiger partial charge in [-0.15, -0.1) is 0 Å². The summed E-state index contributed by atoms with van der Waals surface area (Å²) in [5, 5.41) is 2.88. The maximum atomic E-state index is 12.0. The lowest BCUT2D eigenvalue weighted by molar-refractivity contribution is 0.0954. The van der Waals surface area contributed by atoms with Crippen LogP contribution in [0.15, 0.2) is 48.7 Å². The molecule has 0 bridgehead atoms. The molecule has 1 N–H and O–H groups in total. The number of benzene rings is 1. The first-order valence-corrected chi connectivity index (χ1v) is 6.75. The molecule has 0 aliphatic carbocycles. The molecular weight excluding hydrogens is 266 g/mol. The summed E-state index contributed by atoms with van der Waals surface area (Å²) >= 11 is 0. The molecule has 0 saturated carbocycles. The van der Waals surface area contributed by atoms with Gasteiger partial charge in [0.05, 0.1) is 12.7 Å². The standard InChI is InChI=1S/C16H19N3O2/c1-19(14-6-4-3-5-7-14)11-10-17-16(20)13-8-9-15(21-2)18-12-13/h3-9,12H,10-11H2,1-2H3,(H,17,20). The number of methoxy groups -OCH3 is 1. The van der Waals surface area contributed by atoms with E-state index in [2.05, 4.69) is 15.2 Å². The Labute approximate surface area is 124 Å². The lowest BCUT2D eigenvalue weighted by Gasteiger charge is -2.19. The maximum absolute atomic E-state index is 12.0. The lowest BCUT2D eigenvalue weighted by Crippen LogP contribution is -2.33. The number of carbonyl (C=O) groups is 1. The second-order valence-corrected chi connectivity index (χ2v) is 4.60. The van der Waals surface area contributed by atoms with Gasteiger partial charge in [0.2, 0.25) is 5.88 Å². The van der Waals surface area contributed by atoms with Crippen LogP contribution in [0.5, 0.6) is 5.88 Å². The van der Waals surface area contributed by atoms with Crippen LogP contribution in [0.2, 0.25) is 0 Å². The molecule has 2 rings (SSSR count). The van der Waals surface area contributed by atoms with Crippen LogP contribution in [-0.4, -0.2) is 38.1 Å². The Hall–Kier alpha value is -2.56. The van der Waals surface area contributed by atoms with Crippen molar-refractivity contribution in [1.82, 2.24) is 10.3 Å². The normalized spacial score (nSPS) is 10.0.